The van der Waals surface area contributed by atoms with Gasteiger partial charge in [0.2, 0.25) is 0 Å². The van der Waals surface area contributed by atoms with E-state index in [0.29, 0.717) is 12.8 Å². The number of hydrogen-bond acceptors (Lipinski definition) is 5. The third-order valence-corrected chi connectivity index (χ3v) is 4.63. The molecule has 1 saturated carbocycles. The van der Waals surface area contributed by atoms with Gasteiger partial charge in [0.15, 0.2) is 0 Å². The maximum Gasteiger partial charge on any atom is 0.407 e. The quantitative estimate of drug-likeness (QED) is 0.579. The highest BCUT2D eigenvalue weighted by Gasteiger charge is 2.36. The first-order chi connectivity index (χ1) is 12.5. The zero-order valence-electron chi connectivity index (χ0n) is 15.6. The largest absolute Gasteiger partial charge is 0.444 e. The molecule has 1 aliphatic carbocycles. The third-order valence-electron chi connectivity index (χ3n) is 4.32. The first-order valence-corrected chi connectivity index (χ1v) is 9.12. The first-order valence-electron chi connectivity index (χ1n) is 8.75. The van der Waals surface area contributed by atoms with Gasteiger partial charge < -0.3 is 15.4 Å². The maximum atomic E-state index is 12.7. The SMILES string of the molecule is CC(C)(C)OC(=O)NCC1(NC(=O)c2ccc([N+](=O)[O-])cc2Cl)CCCC1. The topological polar surface area (TPSA) is 111 Å². The van der Waals surface area contributed by atoms with Crippen LogP contribution in [0, 0.1) is 10.1 Å². The first kappa shape index (κ1) is 21.0. The lowest BCUT2D eigenvalue weighted by atomic mass is 9.96. The Hall–Kier alpha value is -2.35. The second-order valence-corrected chi connectivity index (χ2v) is 8.13. The Morgan fingerprint density at radius 1 is 1.30 bits per heavy atom. The van der Waals surface area contributed by atoms with Gasteiger partial charge in [-0.3, -0.25) is 14.9 Å². The zero-order valence-corrected chi connectivity index (χ0v) is 16.4. The van der Waals surface area contributed by atoms with Crippen LogP contribution in [0.4, 0.5) is 10.5 Å². The van der Waals surface area contributed by atoms with Gasteiger partial charge in [0.1, 0.15) is 5.60 Å². The molecule has 0 aliphatic heterocycles. The normalized spacial score (nSPS) is 15.9. The molecule has 1 aromatic rings. The van der Waals surface area contributed by atoms with Crippen LogP contribution in [0.2, 0.25) is 5.02 Å². The number of benzene rings is 1. The van der Waals surface area contributed by atoms with Gasteiger partial charge in [-0.1, -0.05) is 24.4 Å². The second kappa shape index (κ2) is 8.12. The van der Waals surface area contributed by atoms with Crippen LogP contribution in [-0.2, 0) is 4.74 Å². The van der Waals surface area contributed by atoms with Gasteiger partial charge in [-0.2, -0.15) is 0 Å². The fourth-order valence-electron chi connectivity index (χ4n) is 3.06. The van der Waals surface area contributed by atoms with Gasteiger partial charge in [-0.25, -0.2) is 4.79 Å². The molecular formula is C18H24ClN3O5. The lowest BCUT2D eigenvalue weighted by molar-refractivity contribution is -0.384. The third kappa shape index (κ3) is 5.82. The average Bonchev–Trinajstić information content (AvgIpc) is 3.00. The molecule has 0 unspecified atom stereocenters. The average molecular weight is 398 g/mol. The van der Waals surface area contributed by atoms with Crippen molar-refractivity contribution in [2.45, 2.75) is 57.6 Å². The number of amides is 2. The summed E-state index contributed by atoms with van der Waals surface area (Å²) in [4.78, 5) is 34.8. The van der Waals surface area contributed by atoms with E-state index in [1.807, 2.05) is 0 Å². The number of nitrogens with one attached hydrogen (secondary N) is 2. The molecule has 0 bridgehead atoms. The van der Waals surface area contributed by atoms with Crippen molar-refractivity contribution < 1.29 is 19.2 Å². The maximum absolute atomic E-state index is 12.7. The molecule has 1 fully saturated rings. The molecule has 0 heterocycles. The van der Waals surface area contributed by atoms with E-state index in [1.54, 1.807) is 20.8 Å². The number of carbonyl (C=O) groups is 2. The van der Waals surface area contributed by atoms with E-state index in [-0.39, 0.29) is 22.8 Å². The number of nitro benzene ring substituents is 1. The summed E-state index contributed by atoms with van der Waals surface area (Å²) in [5, 5.41) is 16.5. The molecule has 27 heavy (non-hydrogen) atoms. The van der Waals surface area contributed by atoms with Gasteiger partial charge in [0.05, 0.1) is 21.0 Å². The minimum absolute atomic E-state index is 0.00921. The number of hydrogen-bond donors (Lipinski definition) is 2. The van der Waals surface area contributed by atoms with Crippen molar-refractivity contribution in [2.75, 3.05) is 6.54 Å². The van der Waals surface area contributed by atoms with E-state index >= 15 is 0 Å². The molecule has 0 atom stereocenters. The van der Waals surface area contributed by atoms with Crippen LogP contribution in [-0.4, -0.2) is 34.6 Å². The molecule has 0 aromatic heterocycles. The molecule has 9 heteroatoms. The summed E-state index contributed by atoms with van der Waals surface area (Å²) in [5.74, 6) is -0.428. The number of rotatable bonds is 5. The van der Waals surface area contributed by atoms with Crippen molar-refractivity contribution in [1.82, 2.24) is 10.6 Å². The van der Waals surface area contributed by atoms with Crippen molar-refractivity contribution in [3.05, 3.63) is 38.9 Å². The fraction of sp³-hybridized carbons (Fsp3) is 0.556. The molecule has 148 valence electrons. The molecule has 0 radical (unpaired) electrons. The Bertz CT molecular complexity index is 739. The summed E-state index contributed by atoms with van der Waals surface area (Å²) < 4.78 is 5.24. The van der Waals surface area contributed by atoms with Crippen LogP contribution in [0.15, 0.2) is 18.2 Å². The van der Waals surface area contributed by atoms with Crippen LogP contribution in [0.3, 0.4) is 0 Å². The second-order valence-electron chi connectivity index (χ2n) is 7.72. The summed E-state index contributed by atoms with van der Waals surface area (Å²) >= 11 is 6.04. The highest BCUT2D eigenvalue weighted by molar-refractivity contribution is 6.34. The van der Waals surface area contributed by atoms with Crippen molar-refractivity contribution in [1.29, 1.82) is 0 Å². The highest BCUT2D eigenvalue weighted by atomic mass is 35.5. The lowest BCUT2D eigenvalue weighted by Crippen LogP contribution is -2.54. The summed E-state index contributed by atoms with van der Waals surface area (Å²) in [6.45, 7) is 5.56. The van der Waals surface area contributed by atoms with Crippen LogP contribution in [0.25, 0.3) is 0 Å². The van der Waals surface area contributed by atoms with Gasteiger partial charge in [-0.05, 0) is 39.7 Å². The van der Waals surface area contributed by atoms with E-state index in [9.17, 15) is 19.7 Å². The predicted molar refractivity (Wildman–Crippen MR) is 101 cm³/mol. The summed E-state index contributed by atoms with van der Waals surface area (Å²) in [5.41, 5.74) is -1.23. The Morgan fingerprint density at radius 2 is 1.93 bits per heavy atom. The standard InChI is InChI=1S/C18H24ClN3O5/c1-17(2,3)27-16(24)20-11-18(8-4-5-9-18)21-15(23)13-7-6-12(22(25)26)10-14(13)19/h6-7,10H,4-5,8-9,11H2,1-3H3,(H,20,24)(H,21,23). The smallest absolute Gasteiger partial charge is 0.407 e. The number of carbonyl (C=O) groups excluding carboxylic acids is 2. The molecule has 0 saturated heterocycles. The van der Waals surface area contributed by atoms with Crippen LogP contribution in [0.5, 0.6) is 0 Å². The molecule has 0 spiro atoms. The van der Waals surface area contributed by atoms with E-state index in [2.05, 4.69) is 10.6 Å². The number of alkyl carbamates (subject to hydrolysis) is 1. The van der Waals surface area contributed by atoms with Crippen LogP contribution in [0.1, 0.15) is 56.8 Å². The van der Waals surface area contributed by atoms with Crippen LogP contribution >= 0.6 is 11.6 Å². The lowest BCUT2D eigenvalue weighted by Gasteiger charge is -2.31. The predicted octanol–water partition coefficient (Wildman–Crippen LogP) is 3.82. The number of halogens is 1. The Balaban J connectivity index is 2.08. The van der Waals surface area contributed by atoms with Crippen LogP contribution < -0.4 is 10.6 Å². The van der Waals surface area contributed by atoms with E-state index in [0.717, 1.165) is 18.9 Å². The molecule has 1 aliphatic rings. The summed E-state index contributed by atoms with van der Waals surface area (Å²) in [6, 6.07) is 3.72. The van der Waals surface area contributed by atoms with Gasteiger partial charge in [-0.15, -0.1) is 0 Å². The number of nitrogens with zero attached hydrogens (tertiary/aromatic N) is 1. The molecule has 2 amide bonds. The number of nitro groups is 1. The fourth-order valence-corrected chi connectivity index (χ4v) is 3.32. The minimum Gasteiger partial charge on any atom is -0.444 e. The van der Waals surface area contributed by atoms with Crippen molar-refractivity contribution in [3.8, 4) is 0 Å². The van der Waals surface area contributed by atoms with E-state index in [1.165, 1.54) is 12.1 Å². The van der Waals surface area contributed by atoms with Gasteiger partial charge >= 0.3 is 6.09 Å². The monoisotopic (exact) mass is 397 g/mol. The van der Waals surface area contributed by atoms with Crippen molar-refractivity contribution in [3.63, 3.8) is 0 Å². The minimum atomic E-state index is -0.609. The van der Waals surface area contributed by atoms with E-state index in [4.69, 9.17) is 16.3 Å². The molecule has 2 rings (SSSR count). The Kier molecular flexibility index (Phi) is 6.30. The molecular weight excluding hydrogens is 374 g/mol. The zero-order chi connectivity index (χ0) is 20.2. The summed E-state index contributed by atoms with van der Waals surface area (Å²) in [6.07, 6.45) is 2.71. The van der Waals surface area contributed by atoms with Crippen molar-refractivity contribution >= 4 is 29.3 Å². The number of non-ortho nitro benzene ring substituents is 1. The molecule has 1 aromatic carbocycles. The highest BCUT2D eigenvalue weighted by Crippen LogP contribution is 2.30. The Morgan fingerprint density at radius 3 is 2.44 bits per heavy atom. The van der Waals surface area contributed by atoms with Crippen molar-refractivity contribution in [2.24, 2.45) is 0 Å². The van der Waals surface area contributed by atoms with E-state index < -0.39 is 28.1 Å². The van der Waals surface area contributed by atoms with Gasteiger partial charge in [0, 0.05) is 18.7 Å². The number of ether oxygens (including phenoxy) is 1. The molecule has 8 nitrogen and oxygen atoms in total. The Labute approximate surface area is 162 Å². The summed E-state index contributed by atoms with van der Waals surface area (Å²) in [7, 11) is 0. The van der Waals surface area contributed by atoms with Gasteiger partial charge in [0.25, 0.3) is 11.6 Å². The molecule has 2 N–H and O–H groups in total.